The molecule has 19 heavy (non-hydrogen) atoms. The van der Waals surface area contributed by atoms with Crippen LogP contribution >= 0.6 is 0 Å². The van der Waals surface area contributed by atoms with Crippen LogP contribution in [0.1, 0.15) is 25.3 Å². The molecule has 0 saturated carbocycles. The van der Waals surface area contributed by atoms with Gasteiger partial charge >= 0.3 is 0 Å². The Morgan fingerprint density at radius 1 is 1.47 bits per heavy atom. The van der Waals surface area contributed by atoms with Crippen LogP contribution in [0.25, 0.3) is 0 Å². The molecule has 0 amide bonds. The van der Waals surface area contributed by atoms with Gasteiger partial charge in [-0.15, -0.1) is 0 Å². The number of nitrogens with one attached hydrogen (secondary N) is 2. The fourth-order valence-electron chi connectivity index (χ4n) is 2.01. The lowest BCUT2D eigenvalue weighted by molar-refractivity contribution is 0.199. The lowest BCUT2D eigenvalue weighted by Gasteiger charge is -2.21. The summed E-state index contributed by atoms with van der Waals surface area (Å²) in [6, 6.07) is 8.18. The van der Waals surface area contributed by atoms with Gasteiger partial charge in [-0.1, -0.05) is 19.1 Å². The van der Waals surface area contributed by atoms with E-state index in [9.17, 15) is 0 Å². The zero-order valence-electron chi connectivity index (χ0n) is 11.8. The highest BCUT2D eigenvalue weighted by Gasteiger charge is 2.10. The maximum atomic E-state index is 5.99. The van der Waals surface area contributed by atoms with Crippen molar-refractivity contribution in [2.45, 2.75) is 32.8 Å². The molecule has 0 spiro atoms. The minimum Gasteiger partial charge on any atom is -0.489 e. The molecule has 2 N–H and O–H groups in total. The number of benzene rings is 1. The third-order valence-electron chi connectivity index (χ3n) is 3.14. The van der Waals surface area contributed by atoms with Crippen LogP contribution in [0.5, 0.6) is 5.75 Å². The van der Waals surface area contributed by atoms with Crippen molar-refractivity contribution < 1.29 is 4.74 Å². The molecule has 1 aliphatic rings. The molecule has 1 unspecified atom stereocenters. The molecule has 0 bridgehead atoms. The van der Waals surface area contributed by atoms with Gasteiger partial charge in [0, 0.05) is 13.1 Å². The van der Waals surface area contributed by atoms with Gasteiger partial charge in [0.25, 0.3) is 0 Å². The van der Waals surface area contributed by atoms with Gasteiger partial charge in [-0.25, -0.2) is 0 Å². The van der Waals surface area contributed by atoms with E-state index in [1.54, 1.807) is 0 Å². The SMILES string of the molecule is CCC(CNC1=NCCCN1)Oc1cccc(C)c1. The minimum absolute atomic E-state index is 0.160. The molecule has 1 aliphatic heterocycles. The van der Waals surface area contributed by atoms with E-state index in [1.165, 1.54) is 5.56 Å². The van der Waals surface area contributed by atoms with Crippen LogP contribution < -0.4 is 15.4 Å². The van der Waals surface area contributed by atoms with Gasteiger partial charge < -0.3 is 15.4 Å². The summed E-state index contributed by atoms with van der Waals surface area (Å²) < 4.78 is 5.99. The van der Waals surface area contributed by atoms with E-state index in [2.05, 4.69) is 41.6 Å². The Labute approximate surface area is 115 Å². The molecular weight excluding hydrogens is 238 g/mol. The summed E-state index contributed by atoms with van der Waals surface area (Å²) in [5, 5.41) is 6.58. The van der Waals surface area contributed by atoms with Crippen LogP contribution in [-0.2, 0) is 0 Å². The van der Waals surface area contributed by atoms with Crippen LogP contribution in [0, 0.1) is 6.92 Å². The zero-order chi connectivity index (χ0) is 13.5. The first-order valence-corrected chi connectivity index (χ1v) is 7.03. The first-order chi connectivity index (χ1) is 9.28. The zero-order valence-corrected chi connectivity index (χ0v) is 11.8. The number of rotatable bonds is 5. The van der Waals surface area contributed by atoms with Gasteiger partial charge in [-0.3, -0.25) is 4.99 Å². The van der Waals surface area contributed by atoms with Crippen molar-refractivity contribution in [1.29, 1.82) is 0 Å². The van der Waals surface area contributed by atoms with E-state index in [1.807, 2.05) is 12.1 Å². The molecule has 2 rings (SSSR count). The number of nitrogens with zero attached hydrogens (tertiary/aromatic N) is 1. The maximum absolute atomic E-state index is 5.99. The normalized spacial score (nSPS) is 16.2. The summed E-state index contributed by atoms with van der Waals surface area (Å²) in [6.45, 7) is 6.90. The van der Waals surface area contributed by atoms with Crippen LogP contribution in [0.15, 0.2) is 29.3 Å². The van der Waals surface area contributed by atoms with Gasteiger partial charge in [-0.05, 0) is 37.5 Å². The van der Waals surface area contributed by atoms with Gasteiger partial charge in [0.2, 0.25) is 0 Å². The van der Waals surface area contributed by atoms with Crippen molar-refractivity contribution in [3.8, 4) is 5.75 Å². The average Bonchev–Trinajstić information content (AvgIpc) is 2.44. The highest BCUT2D eigenvalue weighted by Crippen LogP contribution is 2.15. The number of aryl methyl sites for hydroxylation is 1. The molecule has 0 aliphatic carbocycles. The fraction of sp³-hybridized carbons (Fsp3) is 0.533. The number of hydrogen-bond donors (Lipinski definition) is 2. The smallest absolute Gasteiger partial charge is 0.191 e. The number of ether oxygens (including phenoxy) is 1. The predicted octanol–water partition coefficient (Wildman–Crippen LogP) is 2.09. The van der Waals surface area contributed by atoms with Crippen molar-refractivity contribution in [3.63, 3.8) is 0 Å². The van der Waals surface area contributed by atoms with E-state index in [0.29, 0.717) is 0 Å². The summed E-state index contributed by atoms with van der Waals surface area (Å²) in [6.07, 6.45) is 2.24. The number of hydrogen-bond acceptors (Lipinski definition) is 4. The van der Waals surface area contributed by atoms with E-state index in [4.69, 9.17) is 4.74 Å². The van der Waals surface area contributed by atoms with Crippen LogP contribution in [0.4, 0.5) is 0 Å². The van der Waals surface area contributed by atoms with Crippen LogP contribution in [0.3, 0.4) is 0 Å². The monoisotopic (exact) mass is 261 g/mol. The second-order valence-corrected chi connectivity index (χ2v) is 4.86. The lowest BCUT2D eigenvalue weighted by Crippen LogP contribution is -2.44. The molecule has 1 heterocycles. The molecule has 0 aromatic heterocycles. The van der Waals surface area contributed by atoms with E-state index < -0.39 is 0 Å². The first-order valence-electron chi connectivity index (χ1n) is 7.03. The first kappa shape index (κ1) is 13.7. The number of guanidine groups is 1. The van der Waals surface area contributed by atoms with Crippen molar-refractivity contribution in [1.82, 2.24) is 10.6 Å². The molecule has 1 aromatic carbocycles. The van der Waals surface area contributed by atoms with Gasteiger partial charge in [0.15, 0.2) is 5.96 Å². The van der Waals surface area contributed by atoms with Crippen LogP contribution in [0.2, 0.25) is 0 Å². The standard InChI is InChI=1S/C15H23N3O/c1-3-13(11-18-15-16-8-5-9-17-15)19-14-7-4-6-12(2)10-14/h4,6-7,10,13H,3,5,8-9,11H2,1-2H3,(H2,16,17,18). The van der Waals surface area contributed by atoms with Crippen LogP contribution in [-0.4, -0.2) is 31.7 Å². The third-order valence-corrected chi connectivity index (χ3v) is 3.14. The van der Waals surface area contributed by atoms with Crippen molar-refractivity contribution in [2.75, 3.05) is 19.6 Å². The molecule has 0 saturated heterocycles. The molecule has 1 aromatic rings. The average molecular weight is 261 g/mol. The molecule has 4 nitrogen and oxygen atoms in total. The molecule has 0 fully saturated rings. The largest absolute Gasteiger partial charge is 0.489 e. The molecule has 1 atom stereocenters. The fourth-order valence-corrected chi connectivity index (χ4v) is 2.01. The van der Waals surface area contributed by atoms with Crippen molar-refractivity contribution in [2.24, 2.45) is 4.99 Å². The summed E-state index contributed by atoms with van der Waals surface area (Å²) >= 11 is 0. The Morgan fingerprint density at radius 2 is 2.37 bits per heavy atom. The minimum atomic E-state index is 0.160. The summed E-state index contributed by atoms with van der Waals surface area (Å²) in [4.78, 5) is 4.40. The summed E-state index contributed by atoms with van der Waals surface area (Å²) in [5.74, 6) is 1.84. The summed E-state index contributed by atoms with van der Waals surface area (Å²) in [5.41, 5.74) is 1.22. The van der Waals surface area contributed by atoms with Crippen molar-refractivity contribution >= 4 is 5.96 Å². The Kier molecular flexibility index (Phi) is 5.07. The van der Waals surface area contributed by atoms with E-state index >= 15 is 0 Å². The van der Waals surface area contributed by atoms with Gasteiger partial charge in [0.1, 0.15) is 11.9 Å². The van der Waals surface area contributed by atoms with E-state index in [-0.39, 0.29) is 6.10 Å². The topological polar surface area (TPSA) is 45.7 Å². The Hall–Kier alpha value is -1.71. The van der Waals surface area contributed by atoms with Crippen molar-refractivity contribution in [3.05, 3.63) is 29.8 Å². The summed E-state index contributed by atoms with van der Waals surface area (Å²) in [7, 11) is 0. The third kappa shape index (κ3) is 4.47. The van der Waals surface area contributed by atoms with E-state index in [0.717, 1.165) is 44.2 Å². The second-order valence-electron chi connectivity index (χ2n) is 4.86. The van der Waals surface area contributed by atoms with Gasteiger partial charge in [0.05, 0.1) is 6.54 Å². The highest BCUT2D eigenvalue weighted by molar-refractivity contribution is 5.80. The quantitative estimate of drug-likeness (QED) is 0.853. The Morgan fingerprint density at radius 3 is 3.05 bits per heavy atom. The molecule has 104 valence electrons. The lowest BCUT2D eigenvalue weighted by atomic mass is 10.2. The maximum Gasteiger partial charge on any atom is 0.191 e. The predicted molar refractivity (Wildman–Crippen MR) is 78.8 cm³/mol. The second kappa shape index (κ2) is 7.02. The molecule has 4 heteroatoms. The Balaban J connectivity index is 1.84. The molecule has 0 radical (unpaired) electrons. The number of aliphatic imine (C=N–C) groups is 1. The van der Waals surface area contributed by atoms with Gasteiger partial charge in [-0.2, -0.15) is 0 Å². The highest BCUT2D eigenvalue weighted by atomic mass is 16.5. The Bertz CT molecular complexity index is 431. The molecular formula is C15H23N3O.